The first-order chi connectivity index (χ1) is 9.41. The fourth-order valence-electron chi connectivity index (χ4n) is 6.23. The van der Waals surface area contributed by atoms with E-state index in [1.165, 1.54) is 25.5 Å². The number of aromatic nitrogens is 1. The standard InChI is InChI=1S/C16H22N2O2/c1-14-5-11-6-15(2,8-14)10-16(7-11,9-14)13(19)17-12-3-4-20-18-12/h3-4,11H,5-10H2,1-2H3,(H,17,18,19)/t11?,14-,15-,16?/m0/s1. The number of anilines is 1. The largest absolute Gasteiger partial charge is 0.363 e. The highest BCUT2D eigenvalue weighted by molar-refractivity contribution is 5.95. The van der Waals surface area contributed by atoms with Gasteiger partial charge in [-0.25, -0.2) is 0 Å². The smallest absolute Gasteiger partial charge is 0.231 e. The molecule has 2 atom stereocenters. The van der Waals surface area contributed by atoms with E-state index in [4.69, 9.17) is 4.52 Å². The Morgan fingerprint density at radius 1 is 1.25 bits per heavy atom. The number of nitrogens with one attached hydrogen (secondary N) is 1. The predicted molar refractivity (Wildman–Crippen MR) is 75.0 cm³/mol. The highest BCUT2D eigenvalue weighted by Crippen LogP contribution is 2.69. The van der Waals surface area contributed by atoms with Crippen LogP contribution in [0.4, 0.5) is 5.82 Å². The third kappa shape index (κ3) is 1.73. The molecule has 4 bridgehead atoms. The molecular formula is C16H22N2O2. The lowest BCUT2D eigenvalue weighted by Crippen LogP contribution is -2.58. The van der Waals surface area contributed by atoms with Crippen molar-refractivity contribution in [2.45, 2.75) is 52.4 Å². The summed E-state index contributed by atoms with van der Waals surface area (Å²) in [5.74, 6) is 1.43. The van der Waals surface area contributed by atoms with Crippen LogP contribution in [0.25, 0.3) is 0 Å². The Kier molecular flexibility index (Phi) is 2.27. The highest BCUT2D eigenvalue weighted by Gasteiger charge is 2.62. The van der Waals surface area contributed by atoms with Crippen molar-refractivity contribution in [3.63, 3.8) is 0 Å². The molecule has 20 heavy (non-hydrogen) atoms. The summed E-state index contributed by atoms with van der Waals surface area (Å²) in [6, 6.07) is 1.71. The van der Waals surface area contributed by atoms with Gasteiger partial charge in [-0.3, -0.25) is 4.79 Å². The van der Waals surface area contributed by atoms with Crippen LogP contribution in [0, 0.1) is 22.2 Å². The zero-order valence-electron chi connectivity index (χ0n) is 12.2. The van der Waals surface area contributed by atoms with Gasteiger partial charge in [0.2, 0.25) is 5.91 Å². The van der Waals surface area contributed by atoms with Gasteiger partial charge in [-0.1, -0.05) is 19.0 Å². The van der Waals surface area contributed by atoms with Crippen molar-refractivity contribution in [2.24, 2.45) is 22.2 Å². The Morgan fingerprint density at radius 3 is 2.50 bits per heavy atom. The van der Waals surface area contributed by atoms with E-state index < -0.39 is 0 Å². The lowest BCUT2D eigenvalue weighted by molar-refractivity contribution is -0.165. The minimum absolute atomic E-state index is 0.160. The maximum atomic E-state index is 12.9. The molecule has 1 aromatic rings. The van der Waals surface area contributed by atoms with Gasteiger partial charge < -0.3 is 9.84 Å². The number of rotatable bonds is 2. The number of amides is 1. The molecule has 4 aliphatic rings. The average Bonchev–Trinajstić information content (AvgIpc) is 2.76. The van der Waals surface area contributed by atoms with E-state index in [0.29, 0.717) is 16.6 Å². The van der Waals surface area contributed by atoms with Crippen LogP contribution >= 0.6 is 0 Å². The molecule has 0 saturated heterocycles. The molecule has 0 radical (unpaired) electrons. The maximum Gasteiger partial charge on any atom is 0.231 e. The van der Waals surface area contributed by atoms with Crippen LogP contribution in [0.2, 0.25) is 0 Å². The van der Waals surface area contributed by atoms with Crippen LogP contribution < -0.4 is 5.32 Å². The first-order valence-corrected chi connectivity index (χ1v) is 7.62. The second kappa shape index (κ2) is 3.66. The Bertz CT molecular complexity index is 533. The summed E-state index contributed by atoms with van der Waals surface area (Å²) in [4.78, 5) is 12.9. The molecule has 4 fully saturated rings. The fourth-order valence-corrected chi connectivity index (χ4v) is 6.23. The molecule has 0 unspecified atom stereocenters. The van der Waals surface area contributed by atoms with E-state index in [1.54, 1.807) is 6.07 Å². The topological polar surface area (TPSA) is 55.1 Å². The van der Waals surface area contributed by atoms with E-state index in [9.17, 15) is 4.79 Å². The molecule has 108 valence electrons. The van der Waals surface area contributed by atoms with E-state index in [0.717, 1.165) is 25.2 Å². The molecule has 4 heteroatoms. The Hall–Kier alpha value is -1.32. The summed E-state index contributed by atoms with van der Waals surface area (Å²) in [5, 5.41) is 6.78. The van der Waals surface area contributed by atoms with Crippen LogP contribution in [0.15, 0.2) is 16.9 Å². The second-order valence-electron chi connectivity index (χ2n) is 8.25. The maximum absolute atomic E-state index is 12.9. The van der Waals surface area contributed by atoms with Crippen molar-refractivity contribution in [1.29, 1.82) is 0 Å². The number of hydrogen-bond donors (Lipinski definition) is 1. The number of hydrogen-bond acceptors (Lipinski definition) is 3. The summed E-state index contributed by atoms with van der Waals surface area (Å²) in [7, 11) is 0. The molecular weight excluding hydrogens is 252 g/mol. The summed E-state index contributed by atoms with van der Waals surface area (Å²) < 4.78 is 4.81. The quantitative estimate of drug-likeness (QED) is 0.896. The van der Waals surface area contributed by atoms with Gasteiger partial charge in [-0.15, -0.1) is 0 Å². The minimum Gasteiger partial charge on any atom is -0.363 e. The molecule has 5 rings (SSSR count). The summed E-state index contributed by atoms with van der Waals surface area (Å²) >= 11 is 0. The Balaban J connectivity index is 1.65. The van der Waals surface area contributed by atoms with Gasteiger partial charge in [0, 0.05) is 6.07 Å². The van der Waals surface area contributed by atoms with Crippen LogP contribution in [0.3, 0.4) is 0 Å². The van der Waals surface area contributed by atoms with Crippen LogP contribution in [-0.2, 0) is 4.79 Å². The average molecular weight is 274 g/mol. The van der Waals surface area contributed by atoms with Gasteiger partial charge in [0.05, 0.1) is 5.41 Å². The Morgan fingerprint density at radius 2 is 1.95 bits per heavy atom. The predicted octanol–water partition coefficient (Wildman–Crippen LogP) is 3.61. The molecule has 4 nitrogen and oxygen atoms in total. The van der Waals surface area contributed by atoms with Gasteiger partial charge >= 0.3 is 0 Å². The third-order valence-electron chi connectivity index (χ3n) is 5.79. The number of carbonyl (C=O) groups is 1. The van der Waals surface area contributed by atoms with Crippen LogP contribution in [0.1, 0.15) is 52.4 Å². The monoisotopic (exact) mass is 274 g/mol. The van der Waals surface area contributed by atoms with Gasteiger partial charge in [0.1, 0.15) is 6.26 Å². The zero-order chi connectivity index (χ0) is 14.0. The van der Waals surface area contributed by atoms with E-state index in [-0.39, 0.29) is 11.3 Å². The molecule has 1 heterocycles. The molecule has 0 aromatic carbocycles. The molecule has 4 aliphatic carbocycles. The molecule has 0 spiro atoms. The van der Waals surface area contributed by atoms with Gasteiger partial charge in [-0.2, -0.15) is 0 Å². The van der Waals surface area contributed by atoms with E-state index in [2.05, 4.69) is 24.3 Å². The minimum atomic E-state index is -0.179. The Labute approximate surface area is 119 Å². The highest BCUT2D eigenvalue weighted by atomic mass is 16.5. The summed E-state index contributed by atoms with van der Waals surface area (Å²) in [6.45, 7) is 4.77. The van der Waals surface area contributed by atoms with Crippen LogP contribution in [0.5, 0.6) is 0 Å². The van der Waals surface area contributed by atoms with E-state index >= 15 is 0 Å². The second-order valence-corrected chi connectivity index (χ2v) is 8.25. The lowest BCUT2D eigenvalue weighted by Gasteiger charge is -2.64. The molecule has 1 N–H and O–H groups in total. The zero-order valence-corrected chi connectivity index (χ0v) is 12.2. The first-order valence-electron chi connectivity index (χ1n) is 7.62. The van der Waals surface area contributed by atoms with Crippen molar-refractivity contribution in [3.05, 3.63) is 12.3 Å². The van der Waals surface area contributed by atoms with Gasteiger partial charge in [-0.05, 0) is 55.3 Å². The molecule has 1 aromatic heterocycles. The van der Waals surface area contributed by atoms with Crippen molar-refractivity contribution < 1.29 is 9.32 Å². The molecule has 0 aliphatic heterocycles. The number of nitrogens with zero attached hydrogens (tertiary/aromatic N) is 1. The third-order valence-corrected chi connectivity index (χ3v) is 5.79. The first kappa shape index (κ1) is 12.4. The molecule has 4 saturated carbocycles. The molecule has 1 amide bonds. The summed E-state index contributed by atoms with van der Waals surface area (Å²) in [6.07, 6.45) is 8.53. The van der Waals surface area contributed by atoms with Crippen molar-refractivity contribution in [3.8, 4) is 0 Å². The van der Waals surface area contributed by atoms with Gasteiger partial charge in [0.15, 0.2) is 5.82 Å². The van der Waals surface area contributed by atoms with Crippen LogP contribution in [-0.4, -0.2) is 11.1 Å². The normalized spacial score (nSPS) is 45.6. The van der Waals surface area contributed by atoms with Gasteiger partial charge in [0.25, 0.3) is 0 Å². The lowest BCUT2D eigenvalue weighted by atomic mass is 9.40. The van der Waals surface area contributed by atoms with E-state index in [1.807, 2.05) is 0 Å². The van der Waals surface area contributed by atoms with Crippen molar-refractivity contribution in [1.82, 2.24) is 5.16 Å². The number of carbonyl (C=O) groups excluding carboxylic acids is 1. The fraction of sp³-hybridized carbons (Fsp3) is 0.750. The SMILES string of the molecule is C[C@@]12CC3CC(C(=O)Nc4ccon4)(C1)C[C@@](C)(C3)C2. The summed E-state index contributed by atoms with van der Waals surface area (Å²) in [5.41, 5.74) is 0.534. The van der Waals surface area contributed by atoms with Crippen molar-refractivity contribution in [2.75, 3.05) is 5.32 Å². The van der Waals surface area contributed by atoms with Crippen molar-refractivity contribution >= 4 is 11.7 Å².